The molecule has 0 radical (unpaired) electrons. The van der Waals surface area contributed by atoms with Crippen LogP contribution in [0.25, 0.3) is 0 Å². The lowest BCUT2D eigenvalue weighted by molar-refractivity contribution is -0.290. The van der Waals surface area contributed by atoms with Gasteiger partial charge in [0.2, 0.25) is 0 Å². The SMILES string of the molecule is CC(O)C1(O)C(O)CC(O)OC1C. The van der Waals surface area contributed by atoms with Gasteiger partial charge in [-0.15, -0.1) is 0 Å². The highest BCUT2D eigenvalue weighted by Gasteiger charge is 2.50. The summed E-state index contributed by atoms with van der Waals surface area (Å²) < 4.78 is 4.92. The topological polar surface area (TPSA) is 90.2 Å². The molecule has 0 spiro atoms. The van der Waals surface area contributed by atoms with Crippen molar-refractivity contribution in [2.45, 2.75) is 50.5 Å². The van der Waals surface area contributed by atoms with Gasteiger partial charge in [0.1, 0.15) is 5.60 Å². The Morgan fingerprint density at radius 3 is 2.38 bits per heavy atom. The second-order valence-electron chi connectivity index (χ2n) is 3.55. The van der Waals surface area contributed by atoms with E-state index in [1.165, 1.54) is 13.8 Å². The molecule has 78 valence electrons. The van der Waals surface area contributed by atoms with Crippen LogP contribution in [0.4, 0.5) is 0 Å². The maximum atomic E-state index is 9.87. The molecule has 4 N–H and O–H groups in total. The van der Waals surface area contributed by atoms with E-state index in [1.54, 1.807) is 0 Å². The third-order valence-corrected chi connectivity index (χ3v) is 2.64. The van der Waals surface area contributed by atoms with E-state index >= 15 is 0 Å². The van der Waals surface area contributed by atoms with Gasteiger partial charge < -0.3 is 25.2 Å². The number of ether oxygens (including phenoxy) is 1. The van der Waals surface area contributed by atoms with E-state index < -0.39 is 30.2 Å². The number of aliphatic hydroxyl groups is 4. The molecule has 0 amide bonds. The average Bonchev–Trinajstić information content (AvgIpc) is 1.99. The van der Waals surface area contributed by atoms with Crippen LogP contribution < -0.4 is 0 Å². The molecule has 5 nitrogen and oxygen atoms in total. The number of aliphatic hydroxyl groups excluding tert-OH is 3. The first-order chi connectivity index (χ1) is 5.89. The molecule has 1 aliphatic rings. The quantitative estimate of drug-likeness (QED) is 0.409. The summed E-state index contributed by atoms with van der Waals surface area (Å²) in [6.45, 7) is 2.87. The largest absolute Gasteiger partial charge is 0.390 e. The molecule has 5 atom stereocenters. The summed E-state index contributed by atoms with van der Waals surface area (Å²) in [5.41, 5.74) is -1.70. The first kappa shape index (κ1) is 10.9. The fourth-order valence-corrected chi connectivity index (χ4v) is 1.67. The van der Waals surface area contributed by atoms with E-state index in [0.717, 1.165) is 0 Å². The van der Waals surface area contributed by atoms with Crippen molar-refractivity contribution in [3.8, 4) is 0 Å². The smallest absolute Gasteiger partial charge is 0.157 e. The van der Waals surface area contributed by atoms with Crippen LogP contribution in [0.5, 0.6) is 0 Å². The highest BCUT2D eigenvalue weighted by molar-refractivity contribution is 4.99. The van der Waals surface area contributed by atoms with Crippen molar-refractivity contribution in [1.29, 1.82) is 0 Å². The van der Waals surface area contributed by atoms with Gasteiger partial charge in [0, 0.05) is 6.42 Å². The summed E-state index contributed by atoms with van der Waals surface area (Å²) in [6.07, 6.45) is -4.25. The third-order valence-electron chi connectivity index (χ3n) is 2.64. The highest BCUT2D eigenvalue weighted by atomic mass is 16.6. The van der Waals surface area contributed by atoms with E-state index in [2.05, 4.69) is 0 Å². The Morgan fingerprint density at radius 1 is 1.46 bits per heavy atom. The van der Waals surface area contributed by atoms with E-state index in [9.17, 15) is 15.3 Å². The summed E-state index contributed by atoms with van der Waals surface area (Å²) in [5.74, 6) is 0. The molecule has 0 aliphatic carbocycles. The lowest BCUT2D eigenvalue weighted by atomic mass is 9.82. The normalized spacial score (nSPS) is 48.9. The van der Waals surface area contributed by atoms with E-state index in [1.807, 2.05) is 0 Å². The van der Waals surface area contributed by atoms with Gasteiger partial charge in [0.05, 0.1) is 18.3 Å². The Labute approximate surface area is 76.6 Å². The van der Waals surface area contributed by atoms with Crippen LogP contribution >= 0.6 is 0 Å². The summed E-state index contributed by atoms with van der Waals surface area (Å²) in [5, 5.41) is 37.7. The second kappa shape index (κ2) is 3.51. The molecular formula is C8H16O5. The molecule has 1 fully saturated rings. The van der Waals surface area contributed by atoms with Crippen LogP contribution in [-0.2, 0) is 4.74 Å². The number of hydrogen-bond donors (Lipinski definition) is 4. The van der Waals surface area contributed by atoms with Crippen LogP contribution in [0, 0.1) is 0 Å². The maximum absolute atomic E-state index is 9.87. The Balaban J connectivity index is 2.83. The second-order valence-corrected chi connectivity index (χ2v) is 3.55. The monoisotopic (exact) mass is 192 g/mol. The molecule has 5 unspecified atom stereocenters. The van der Waals surface area contributed by atoms with Gasteiger partial charge in [0.15, 0.2) is 6.29 Å². The molecule has 0 aromatic carbocycles. The molecule has 1 rings (SSSR count). The van der Waals surface area contributed by atoms with Crippen LogP contribution in [0.3, 0.4) is 0 Å². The number of rotatable bonds is 1. The van der Waals surface area contributed by atoms with Crippen molar-refractivity contribution in [2.24, 2.45) is 0 Å². The summed E-state index contributed by atoms with van der Waals surface area (Å²) in [4.78, 5) is 0. The van der Waals surface area contributed by atoms with Crippen molar-refractivity contribution in [1.82, 2.24) is 0 Å². The maximum Gasteiger partial charge on any atom is 0.157 e. The fourth-order valence-electron chi connectivity index (χ4n) is 1.67. The van der Waals surface area contributed by atoms with Crippen molar-refractivity contribution >= 4 is 0 Å². The molecule has 13 heavy (non-hydrogen) atoms. The van der Waals surface area contributed by atoms with Gasteiger partial charge in [-0.3, -0.25) is 0 Å². The zero-order chi connectivity index (χ0) is 10.2. The first-order valence-corrected chi connectivity index (χ1v) is 4.31. The first-order valence-electron chi connectivity index (χ1n) is 4.31. The minimum atomic E-state index is -1.70. The molecule has 0 aromatic heterocycles. The lowest BCUT2D eigenvalue weighted by Crippen LogP contribution is -2.63. The van der Waals surface area contributed by atoms with Gasteiger partial charge in [0.25, 0.3) is 0 Å². The molecule has 1 aliphatic heterocycles. The summed E-state index contributed by atoms with van der Waals surface area (Å²) in [7, 11) is 0. The predicted molar refractivity (Wildman–Crippen MR) is 43.8 cm³/mol. The standard InChI is InChI=1S/C8H16O5/c1-4(9)8(12)5(2)13-7(11)3-6(8)10/h4-7,9-12H,3H2,1-2H3. The Hall–Kier alpha value is -0.200. The van der Waals surface area contributed by atoms with Crippen molar-refractivity contribution in [2.75, 3.05) is 0 Å². The van der Waals surface area contributed by atoms with Crippen molar-refractivity contribution in [3.63, 3.8) is 0 Å². The molecule has 1 saturated heterocycles. The summed E-state index contributed by atoms with van der Waals surface area (Å²) in [6, 6.07) is 0. The Bertz CT molecular complexity index is 169. The summed E-state index contributed by atoms with van der Waals surface area (Å²) >= 11 is 0. The van der Waals surface area contributed by atoms with E-state index in [0.29, 0.717) is 0 Å². The zero-order valence-corrected chi connectivity index (χ0v) is 7.71. The van der Waals surface area contributed by atoms with Gasteiger partial charge in [-0.05, 0) is 13.8 Å². The Morgan fingerprint density at radius 2 is 2.00 bits per heavy atom. The van der Waals surface area contributed by atoms with Crippen LogP contribution in [0.1, 0.15) is 20.3 Å². The molecule has 0 saturated carbocycles. The van der Waals surface area contributed by atoms with E-state index in [4.69, 9.17) is 9.84 Å². The van der Waals surface area contributed by atoms with Crippen LogP contribution in [-0.4, -0.2) is 50.6 Å². The lowest BCUT2D eigenvalue weighted by Gasteiger charge is -2.45. The molecular weight excluding hydrogens is 176 g/mol. The molecule has 0 aromatic rings. The molecule has 0 bridgehead atoms. The minimum absolute atomic E-state index is 0.0915. The van der Waals surface area contributed by atoms with Gasteiger partial charge in [-0.25, -0.2) is 0 Å². The highest BCUT2D eigenvalue weighted by Crippen LogP contribution is 2.31. The van der Waals surface area contributed by atoms with Crippen LogP contribution in [0.2, 0.25) is 0 Å². The minimum Gasteiger partial charge on any atom is -0.390 e. The predicted octanol–water partition coefficient (Wildman–Crippen LogP) is -1.41. The van der Waals surface area contributed by atoms with Gasteiger partial charge >= 0.3 is 0 Å². The van der Waals surface area contributed by atoms with Gasteiger partial charge in [-0.2, -0.15) is 0 Å². The molecule has 1 heterocycles. The Kier molecular flexibility index (Phi) is 2.94. The molecule has 5 heteroatoms. The fraction of sp³-hybridized carbons (Fsp3) is 1.00. The third kappa shape index (κ3) is 1.70. The van der Waals surface area contributed by atoms with Gasteiger partial charge in [-0.1, -0.05) is 0 Å². The van der Waals surface area contributed by atoms with E-state index in [-0.39, 0.29) is 6.42 Å². The average molecular weight is 192 g/mol. The zero-order valence-electron chi connectivity index (χ0n) is 7.71. The number of hydrogen-bond acceptors (Lipinski definition) is 5. The van der Waals surface area contributed by atoms with Crippen molar-refractivity contribution < 1.29 is 25.2 Å². The van der Waals surface area contributed by atoms with Crippen LogP contribution in [0.15, 0.2) is 0 Å². The van der Waals surface area contributed by atoms with Crippen molar-refractivity contribution in [3.05, 3.63) is 0 Å².